The molecule has 0 aromatic heterocycles. The minimum atomic E-state index is 0. The molecule has 2 fully saturated rings. The Morgan fingerprint density at radius 3 is 2.17 bits per heavy atom. The Kier molecular flexibility index (Phi) is 4.72. The largest absolute Gasteiger partial charge is 1.00 e. The van der Waals surface area contributed by atoms with Gasteiger partial charge in [0.25, 0.3) is 0 Å². The molecule has 0 radical (unpaired) electrons. The summed E-state index contributed by atoms with van der Waals surface area (Å²) < 4.78 is 0. The SMILES string of the molecule is CCN1CCC2(CC1)C[N-]C2.[K+]. The van der Waals surface area contributed by atoms with E-state index in [0.717, 1.165) is 13.1 Å². The zero-order chi connectivity index (χ0) is 7.73. The Hall–Kier alpha value is 1.56. The summed E-state index contributed by atoms with van der Waals surface area (Å²) in [4.78, 5) is 2.55. The zero-order valence-electron chi connectivity index (χ0n) is 8.34. The first-order chi connectivity index (χ1) is 5.35. The van der Waals surface area contributed by atoms with Crippen molar-refractivity contribution >= 4 is 0 Å². The summed E-state index contributed by atoms with van der Waals surface area (Å²) >= 11 is 0. The maximum absolute atomic E-state index is 4.33. The van der Waals surface area contributed by atoms with Gasteiger partial charge in [0, 0.05) is 0 Å². The molecule has 0 N–H and O–H groups in total. The van der Waals surface area contributed by atoms with Crippen molar-refractivity contribution in [3.8, 4) is 0 Å². The molecule has 2 saturated heterocycles. The van der Waals surface area contributed by atoms with Gasteiger partial charge in [0.15, 0.2) is 0 Å². The molecule has 1 spiro atoms. The average Bonchev–Trinajstić information content (AvgIpc) is 2.02. The van der Waals surface area contributed by atoms with Crippen molar-refractivity contribution in [2.24, 2.45) is 5.41 Å². The van der Waals surface area contributed by atoms with E-state index in [1.807, 2.05) is 0 Å². The molecule has 64 valence electrons. The van der Waals surface area contributed by atoms with Gasteiger partial charge in [-0.1, -0.05) is 12.3 Å². The number of piperidine rings is 1. The number of rotatable bonds is 1. The van der Waals surface area contributed by atoms with Gasteiger partial charge in [-0.3, -0.25) is 0 Å². The quantitative estimate of drug-likeness (QED) is 0.461. The van der Waals surface area contributed by atoms with Crippen LogP contribution in [0, 0.1) is 5.41 Å². The molecular formula is C9H17KN2. The number of hydrogen-bond donors (Lipinski definition) is 0. The van der Waals surface area contributed by atoms with E-state index in [4.69, 9.17) is 0 Å². The van der Waals surface area contributed by atoms with Gasteiger partial charge >= 0.3 is 51.4 Å². The van der Waals surface area contributed by atoms with Gasteiger partial charge in [0.2, 0.25) is 0 Å². The second-order valence-corrected chi connectivity index (χ2v) is 3.97. The Morgan fingerprint density at radius 2 is 1.83 bits per heavy atom. The molecule has 0 aromatic carbocycles. The van der Waals surface area contributed by atoms with Crippen LogP contribution in [0.2, 0.25) is 0 Å². The summed E-state index contributed by atoms with van der Waals surface area (Å²) in [5, 5.41) is 4.33. The van der Waals surface area contributed by atoms with Crippen LogP contribution in [-0.4, -0.2) is 37.6 Å². The van der Waals surface area contributed by atoms with Crippen LogP contribution in [0.15, 0.2) is 0 Å². The monoisotopic (exact) mass is 192 g/mol. The fourth-order valence-electron chi connectivity index (χ4n) is 2.09. The van der Waals surface area contributed by atoms with E-state index in [2.05, 4.69) is 17.1 Å². The number of likely N-dealkylation sites (tertiary alicyclic amines) is 1. The smallest absolute Gasteiger partial charge is 0.661 e. The molecule has 12 heavy (non-hydrogen) atoms. The first-order valence-corrected chi connectivity index (χ1v) is 4.70. The second-order valence-electron chi connectivity index (χ2n) is 3.97. The molecule has 0 aromatic rings. The van der Waals surface area contributed by atoms with Gasteiger partial charge in [-0.05, 0) is 32.5 Å². The van der Waals surface area contributed by atoms with E-state index in [1.165, 1.54) is 32.5 Å². The topological polar surface area (TPSA) is 17.3 Å². The molecule has 0 amide bonds. The van der Waals surface area contributed by atoms with Crippen LogP contribution in [0.4, 0.5) is 0 Å². The predicted molar refractivity (Wildman–Crippen MR) is 46.9 cm³/mol. The van der Waals surface area contributed by atoms with E-state index in [9.17, 15) is 0 Å². The second kappa shape index (κ2) is 4.87. The molecule has 2 rings (SSSR count). The maximum atomic E-state index is 4.33. The van der Waals surface area contributed by atoms with Crippen molar-refractivity contribution in [1.82, 2.24) is 4.90 Å². The summed E-state index contributed by atoms with van der Waals surface area (Å²) in [7, 11) is 0. The molecule has 0 bridgehead atoms. The van der Waals surface area contributed by atoms with Gasteiger partial charge in [-0.2, -0.15) is 0 Å². The van der Waals surface area contributed by atoms with Crippen LogP contribution in [0.5, 0.6) is 0 Å². The number of hydrogen-bond acceptors (Lipinski definition) is 1. The molecule has 3 heteroatoms. The summed E-state index contributed by atoms with van der Waals surface area (Å²) in [6.45, 7) is 8.42. The van der Waals surface area contributed by atoms with Crippen molar-refractivity contribution in [3.63, 3.8) is 0 Å². The van der Waals surface area contributed by atoms with Crippen LogP contribution in [-0.2, 0) is 0 Å². The Morgan fingerprint density at radius 1 is 1.25 bits per heavy atom. The molecule has 2 nitrogen and oxygen atoms in total. The van der Waals surface area contributed by atoms with Gasteiger partial charge < -0.3 is 10.2 Å². The first kappa shape index (κ1) is 11.6. The Labute approximate surface area is 118 Å². The summed E-state index contributed by atoms with van der Waals surface area (Å²) in [6.07, 6.45) is 2.79. The molecule has 2 heterocycles. The van der Waals surface area contributed by atoms with Crippen molar-refractivity contribution < 1.29 is 51.4 Å². The van der Waals surface area contributed by atoms with Crippen molar-refractivity contribution in [3.05, 3.63) is 5.32 Å². The summed E-state index contributed by atoms with van der Waals surface area (Å²) in [5.41, 5.74) is 0.672. The fraction of sp³-hybridized carbons (Fsp3) is 1.00. The standard InChI is InChI=1S/C9H17N2.K/c1-2-11-5-3-9(4-6-11)7-10-8-9;/h2-8H2,1H3;/q-1;+1. The zero-order valence-corrected chi connectivity index (χ0v) is 11.5. The first-order valence-electron chi connectivity index (χ1n) is 4.70. The summed E-state index contributed by atoms with van der Waals surface area (Å²) in [5.74, 6) is 0. The minimum Gasteiger partial charge on any atom is -0.661 e. The molecule has 2 aliphatic heterocycles. The molecule has 0 unspecified atom stereocenters. The van der Waals surface area contributed by atoms with Crippen LogP contribution >= 0.6 is 0 Å². The van der Waals surface area contributed by atoms with E-state index in [1.54, 1.807) is 0 Å². The molecule has 0 aliphatic carbocycles. The average molecular weight is 192 g/mol. The van der Waals surface area contributed by atoms with Crippen LogP contribution < -0.4 is 51.4 Å². The third-order valence-corrected chi connectivity index (χ3v) is 3.26. The van der Waals surface area contributed by atoms with E-state index >= 15 is 0 Å². The minimum absolute atomic E-state index is 0. The van der Waals surface area contributed by atoms with Gasteiger partial charge in [0.1, 0.15) is 0 Å². The Balaban J connectivity index is 0.000000720. The summed E-state index contributed by atoms with van der Waals surface area (Å²) in [6, 6.07) is 0. The van der Waals surface area contributed by atoms with Crippen molar-refractivity contribution in [2.75, 3.05) is 32.7 Å². The van der Waals surface area contributed by atoms with Crippen LogP contribution in [0.3, 0.4) is 0 Å². The fourth-order valence-corrected chi connectivity index (χ4v) is 2.09. The maximum Gasteiger partial charge on any atom is 1.00 e. The molecule has 2 aliphatic rings. The molecule has 0 atom stereocenters. The third-order valence-electron chi connectivity index (χ3n) is 3.26. The van der Waals surface area contributed by atoms with Crippen LogP contribution in [0.1, 0.15) is 19.8 Å². The van der Waals surface area contributed by atoms with Crippen molar-refractivity contribution in [2.45, 2.75) is 19.8 Å². The molecule has 0 saturated carbocycles. The van der Waals surface area contributed by atoms with E-state index in [-0.39, 0.29) is 51.4 Å². The van der Waals surface area contributed by atoms with Crippen LogP contribution in [0.25, 0.3) is 5.32 Å². The van der Waals surface area contributed by atoms with Crippen molar-refractivity contribution in [1.29, 1.82) is 0 Å². The third kappa shape index (κ3) is 2.32. The van der Waals surface area contributed by atoms with Gasteiger partial charge in [0.05, 0.1) is 0 Å². The Bertz CT molecular complexity index is 135. The van der Waals surface area contributed by atoms with Gasteiger partial charge in [-0.25, -0.2) is 0 Å². The predicted octanol–water partition coefficient (Wildman–Crippen LogP) is -1.52. The van der Waals surface area contributed by atoms with E-state index in [0.29, 0.717) is 5.41 Å². The molecular weight excluding hydrogens is 175 g/mol. The van der Waals surface area contributed by atoms with E-state index < -0.39 is 0 Å². The van der Waals surface area contributed by atoms with Gasteiger partial charge in [-0.15, -0.1) is 13.1 Å². The normalized spacial score (nSPS) is 27.8. The number of nitrogens with zero attached hydrogens (tertiary/aromatic N) is 2.